The van der Waals surface area contributed by atoms with Crippen LogP contribution >= 0.6 is 0 Å². The summed E-state index contributed by atoms with van der Waals surface area (Å²) in [6.45, 7) is 1.56. The molecule has 3 aromatic rings. The zero-order valence-corrected chi connectivity index (χ0v) is 13.0. The third-order valence-electron chi connectivity index (χ3n) is 4.52. The van der Waals surface area contributed by atoms with Crippen molar-refractivity contribution in [3.05, 3.63) is 65.7 Å². The molecule has 0 unspecified atom stereocenters. The SMILES string of the molecule is CC(=O)c1ccc(-c2ccc3c4c(cccc24)C(=O)N3C)cc1. The average Bonchev–Trinajstić information content (AvgIpc) is 2.82. The number of rotatable bonds is 2. The monoisotopic (exact) mass is 301 g/mol. The number of anilines is 1. The van der Waals surface area contributed by atoms with Gasteiger partial charge >= 0.3 is 0 Å². The van der Waals surface area contributed by atoms with Crippen molar-refractivity contribution in [1.29, 1.82) is 0 Å². The van der Waals surface area contributed by atoms with Crippen LogP contribution in [0.2, 0.25) is 0 Å². The predicted octanol–water partition coefficient (Wildman–Crippen LogP) is 4.30. The van der Waals surface area contributed by atoms with Crippen molar-refractivity contribution in [1.82, 2.24) is 0 Å². The lowest BCUT2D eigenvalue weighted by Gasteiger charge is -2.12. The lowest BCUT2D eigenvalue weighted by Crippen LogP contribution is -2.20. The van der Waals surface area contributed by atoms with Gasteiger partial charge in [0, 0.05) is 23.6 Å². The minimum absolute atomic E-state index is 0.0367. The summed E-state index contributed by atoms with van der Waals surface area (Å²) in [6.07, 6.45) is 0. The second-order valence-corrected chi connectivity index (χ2v) is 5.86. The number of hydrogen-bond donors (Lipinski definition) is 0. The molecule has 112 valence electrons. The Hall–Kier alpha value is -2.94. The highest BCUT2D eigenvalue weighted by Gasteiger charge is 2.27. The third-order valence-corrected chi connectivity index (χ3v) is 4.52. The van der Waals surface area contributed by atoms with Gasteiger partial charge < -0.3 is 4.90 Å². The number of carbonyl (C=O) groups excluding carboxylic acids is 2. The Morgan fingerprint density at radius 1 is 0.913 bits per heavy atom. The second kappa shape index (κ2) is 4.78. The van der Waals surface area contributed by atoms with E-state index in [1.165, 1.54) is 0 Å². The molecule has 0 aliphatic carbocycles. The first-order valence-corrected chi connectivity index (χ1v) is 7.53. The van der Waals surface area contributed by atoms with Crippen molar-refractivity contribution >= 4 is 28.2 Å². The fraction of sp³-hybridized carbons (Fsp3) is 0.100. The first-order chi connectivity index (χ1) is 11.1. The van der Waals surface area contributed by atoms with Gasteiger partial charge in [0.25, 0.3) is 5.91 Å². The highest BCUT2D eigenvalue weighted by atomic mass is 16.2. The molecule has 0 spiro atoms. The number of hydrogen-bond acceptors (Lipinski definition) is 2. The van der Waals surface area contributed by atoms with Crippen LogP contribution in [0.25, 0.3) is 21.9 Å². The van der Waals surface area contributed by atoms with E-state index in [9.17, 15) is 9.59 Å². The summed E-state index contributed by atoms with van der Waals surface area (Å²) in [5.74, 6) is 0.0962. The molecular weight excluding hydrogens is 286 g/mol. The van der Waals surface area contributed by atoms with Gasteiger partial charge in [0.15, 0.2) is 5.78 Å². The number of carbonyl (C=O) groups is 2. The molecule has 0 saturated carbocycles. The van der Waals surface area contributed by atoms with Crippen LogP contribution in [0.1, 0.15) is 27.6 Å². The Labute approximate surface area is 134 Å². The normalized spacial score (nSPS) is 13.0. The maximum absolute atomic E-state index is 12.3. The number of benzene rings is 3. The van der Waals surface area contributed by atoms with E-state index in [0.29, 0.717) is 5.56 Å². The molecule has 0 fully saturated rings. The summed E-state index contributed by atoms with van der Waals surface area (Å²) in [5, 5.41) is 2.07. The van der Waals surface area contributed by atoms with Crippen LogP contribution in [0.15, 0.2) is 54.6 Å². The number of ketones is 1. The van der Waals surface area contributed by atoms with Gasteiger partial charge in [-0.1, -0.05) is 42.5 Å². The van der Waals surface area contributed by atoms with Crippen molar-refractivity contribution in [2.75, 3.05) is 11.9 Å². The van der Waals surface area contributed by atoms with Gasteiger partial charge in [-0.3, -0.25) is 9.59 Å². The Morgan fingerprint density at radius 2 is 1.65 bits per heavy atom. The minimum atomic E-state index is 0.0367. The van der Waals surface area contributed by atoms with Crippen molar-refractivity contribution in [2.24, 2.45) is 0 Å². The summed E-state index contributed by atoms with van der Waals surface area (Å²) < 4.78 is 0. The molecule has 0 N–H and O–H groups in total. The van der Waals surface area contributed by atoms with Crippen LogP contribution in [-0.4, -0.2) is 18.7 Å². The second-order valence-electron chi connectivity index (χ2n) is 5.86. The van der Waals surface area contributed by atoms with E-state index >= 15 is 0 Å². The van der Waals surface area contributed by atoms with Gasteiger partial charge in [0.1, 0.15) is 0 Å². The number of amides is 1. The highest BCUT2D eigenvalue weighted by Crippen LogP contribution is 2.41. The largest absolute Gasteiger partial charge is 0.311 e. The van der Waals surface area contributed by atoms with E-state index in [0.717, 1.165) is 33.2 Å². The highest BCUT2D eigenvalue weighted by molar-refractivity contribution is 6.26. The zero-order valence-electron chi connectivity index (χ0n) is 13.0. The Kier molecular flexibility index (Phi) is 2.85. The molecule has 1 heterocycles. The molecule has 0 atom stereocenters. The maximum atomic E-state index is 12.3. The van der Waals surface area contributed by atoms with Crippen molar-refractivity contribution in [3.63, 3.8) is 0 Å². The quantitative estimate of drug-likeness (QED) is 0.662. The van der Waals surface area contributed by atoms with Gasteiger partial charge in [0.2, 0.25) is 0 Å². The van der Waals surface area contributed by atoms with Gasteiger partial charge in [-0.05, 0) is 35.6 Å². The molecule has 1 amide bonds. The van der Waals surface area contributed by atoms with Gasteiger partial charge in [-0.25, -0.2) is 0 Å². The average molecular weight is 301 g/mol. The molecule has 23 heavy (non-hydrogen) atoms. The molecule has 1 aliphatic rings. The molecular formula is C20H15NO2. The summed E-state index contributed by atoms with van der Waals surface area (Å²) >= 11 is 0. The standard InChI is InChI=1S/C20H15NO2/c1-12(22)13-6-8-14(9-7-13)15-10-11-18-19-16(15)4-3-5-17(19)20(23)21(18)2/h3-11H,1-2H3. The Bertz CT molecular complexity index is 971. The van der Waals surface area contributed by atoms with Gasteiger partial charge in [-0.15, -0.1) is 0 Å². The molecule has 0 bridgehead atoms. The van der Waals surface area contributed by atoms with Crippen LogP contribution in [-0.2, 0) is 0 Å². The molecule has 0 radical (unpaired) electrons. The molecule has 3 heteroatoms. The fourth-order valence-electron chi connectivity index (χ4n) is 3.27. The fourth-order valence-corrected chi connectivity index (χ4v) is 3.27. The minimum Gasteiger partial charge on any atom is -0.311 e. The van der Waals surface area contributed by atoms with E-state index < -0.39 is 0 Å². The first kappa shape index (κ1) is 13.7. The predicted molar refractivity (Wildman–Crippen MR) is 92.1 cm³/mol. The van der Waals surface area contributed by atoms with Crippen molar-refractivity contribution in [2.45, 2.75) is 6.92 Å². The third kappa shape index (κ3) is 1.90. The Balaban J connectivity index is 1.96. The molecule has 4 rings (SSSR count). The Morgan fingerprint density at radius 3 is 2.35 bits per heavy atom. The topological polar surface area (TPSA) is 37.4 Å². The maximum Gasteiger partial charge on any atom is 0.258 e. The zero-order chi connectivity index (χ0) is 16.1. The smallest absolute Gasteiger partial charge is 0.258 e. The van der Waals surface area contributed by atoms with Crippen LogP contribution in [0.3, 0.4) is 0 Å². The number of Topliss-reactive ketones (excluding diaryl/α,β-unsaturated/α-hetero) is 1. The van der Waals surface area contributed by atoms with Crippen LogP contribution in [0.5, 0.6) is 0 Å². The summed E-state index contributed by atoms with van der Waals surface area (Å²) in [5.41, 5.74) is 4.52. The van der Waals surface area contributed by atoms with E-state index in [4.69, 9.17) is 0 Å². The van der Waals surface area contributed by atoms with E-state index in [2.05, 4.69) is 0 Å². The molecule has 0 saturated heterocycles. The van der Waals surface area contributed by atoms with Crippen molar-refractivity contribution < 1.29 is 9.59 Å². The van der Waals surface area contributed by atoms with Crippen molar-refractivity contribution in [3.8, 4) is 11.1 Å². The van der Waals surface area contributed by atoms with Crippen LogP contribution in [0.4, 0.5) is 5.69 Å². The van der Waals surface area contributed by atoms with Crippen LogP contribution in [0, 0.1) is 0 Å². The van der Waals surface area contributed by atoms with Gasteiger partial charge in [-0.2, -0.15) is 0 Å². The van der Waals surface area contributed by atoms with E-state index in [1.54, 1.807) is 18.9 Å². The molecule has 3 aromatic carbocycles. The lowest BCUT2D eigenvalue weighted by molar-refractivity contribution is 0.0995. The van der Waals surface area contributed by atoms with Gasteiger partial charge in [0.05, 0.1) is 5.69 Å². The molecule has 1 aliphatic heterocycles. The molecule has 0 aromatic heterocycles. The summed E-state index contributed by atoms with van der Waals surface area (Å²) in [7, 11) is 1.80. The van der Waals surface area contributed by atoms with Crippen LogP contribution < -0.4 is 4.90 Å². The van der Waals surface area contributed by atoms with E-state index in [1.807, 2.05) is 54.6 Å². The van der Waals surface area contributed by atoms with E-state index in [-0.39, 0.29) is 11.7 Å². The lowest BCUT2D eigenvalue weighted by atomic mass is 9.95. The first-order valence-electron chi connectivity index (χ1n) is 7.53. The summed E-state index contributed by atoms with van der Waals surface area (Å²) in [4.78, 5) is 25.5. The summed E-state index contributed by atoms with van der Waals surface area (Å²) in [6, 6.07) is 17.5. The molecule has 3 nitrogen and oxygen atoms in total. The number of nitrogens with zero attached hydrogens (tertiary/aromatic N) is 1.